The Morgan fingerprint density at radius 3 is 2.57 bits per heavy atom. The summed E-state index contributed by atoms with van der Waals surface area (Å²) in [6.45, 7) is 6.93. The van der Waals surface area contributed by atoms with Crippen LogP contribution in [-0.4, -0.2) is 6.04 Å². The zero-order valence-corrected chi connectivity index (χ0v) is 13.2. The maximum atomic E-state index is 13.9. The lowest BCUT2D eigenvalue weighted by Crippen LogP contribution is -2.22. The zero-order chi connectivity index (χ0) is 15.5. The highest BCUT2D eigenvalue weighted by Crippen LogP contribution is 2.37. The third kappa shape index (κ3) is 4.20. The van der Waals surface area contributed by atoms with Crippen LogP contribution in [0.3, 0.4) is 0 Å². The highest BCUT2D eigenvalue weighted by atomic mass is 19.1. The van der Waals surface area contributed by atoms with Crippen molar-refractivity contribution in [2.24, 2.45) is 11.3 Å². The average molecular weight is 288 g/mol. The van der Waals surface area contributed by atoms with E-state index in [1.165, 1.54) is 25.3 Å². The van der Waals surface area contributed by atoms with Crippen LogP contribution in [0.5, 0.6) is 0 Å². The van der Waals surface area contributed by atoms with Gasteiger partial charge in [-0.15, -0.1) is 0 Å². The minimum Gasteiger partial charge on any atom is -0.380 e. The molecule has 21 heavy (non-hydrogen) atoms. The second-order valence-electron chi connectivity index (χ2n) is 7.22. The summed E-state index contributed by atoms with van der Waals surface area (Å²) in [6, 6.07) is 6.95. The molecule has 0 heterocycles. The molecular weight excluding hydrogens is 263 g/mol. The van der Waals surface area contributed by atoms with Crippen LogP contribution in [-0.2, 0) is 0 Å². The van der Waals surface area contributed by atoms with Crippen LogP contribution >= 0.6 is 0 Å². The molecule has 2 nitrogen and oxygen atoms in total. The monoisotopic (exact) mass is 288 g/mol. The topological polar surface area (TPSA) is 35.8 Å². The predicted molar refractivity (Wildman–Crippen MR) is 84.6 cm³/mol. The van der Waals surface area contributed by atoms with E-state index in [1.807, 2.05) is 6.07 Å². The molecule has 2 rings (SSSR count). The Morgan fingerprint density at radius 1 is 1.19 bits per heavy atom. The van der Waals surface area contributed by atoms with Crippen molar-refractivity contribution in [2.75, 3.05) is 5.32 Å². The van der Waals surface area contributed by atoms with E-state index < -0.39 is 0 Å². The SMILES string of the molecule is CC(C)(C)C1CCCC(Nc2ccc(C#N)cc2F)CC1. The second-order valence-corrected chi connectivity index (χ2v) is 7.22. The van der Waals surface area contributed by atoms with Crippen LogP contribution in [0, 0.1) is 28.5 Å². The first-order chi connectivity index (χ1) is 9.90. The lowest BCUT2D eigenvalue weighted by Gasteiger charge is -2.29. The standard InChI is InChI=1S/C18H25FN2/c1-18(2,3)14-5-4-6-15(9-8-14)21-17-10-7-13(12-20)11-16(17)19/h7,10-11,14-15,21H,4-6,8-9H2,1-3H3. The maximum Gasteiger partial charge on any atom is 0.147 e. The van der Waals surface area contributed by atoms with E-state index in [9.17, 15) is 4.39 Å². The third-order valence-corrected chi connectivity index (χ3v) is 4.65. The molecule has 1 aromatic carbocycles. The fourth-order valence-corrected chi connectivity index (χ4v) is 3.23. The molecule has 1 aliphatic rings. The minimum atomic E-state index is -0.328. The first kappa shape index (κ1) is 15.8. The van der Waals surface area contributed by atoms with Gasteiger partial charge >= 0.3 is 0 Å². The van der Waals surface area contributed by atoms with Crippen molar-refractivity contribution in [2.45, 2.75) is 58.9 Å². The van der Waals surface area contributed by atoms with Crippen LogP contribution in [0.4, 0.5) is 10.1 Å². The smallest absolute Gasteiger partial charge is 0.147 e. The summed E-state index contributed by atoms with van der Waals surface area (Å²) in [5.41, 5.74) is 1.24. The van der Waals surface area contributed by atoms with Gasteiger partial charge in [-0.2, -0.15) is 5.26 Å². The van der Waals surface area contributed by atoms with Gasteiger partial charge in [0.25, 0.3) is 0 Å². The van der Waals surface area contributed by atoms with Crippen LogP contribution in [0.15, 0.2) is 18.2 Å². The second kappa shape index (κ2) is 6.47. The first-order valence-corrected chi connectivity index (χ1v) is 7.86. The Balaban J connectivity index is 2.00. The molecule has 0 aliphatic heterocycles. The Kier molecular flexibility index (Phi) is 4.88. The number of nitriles is 1. The minimum absolute atomic E-state index is 0.328. The van der Waals surface area contributed by atoms with Crippen molar-refractivity contribution in [1.82, 2.24) is 0 Å². The summed E-state index contributed by atoms with van der Waals surface area (Å²) in [4.78, 5) is 0. The van der Waals surface area contributed by atoms with E-state index >= 15 is 0 Å². The molecule has 0 amide bonds. The molecule has 0 aromatic heterocycles. The Labute approximate surface area is 127 Å². The van der Waals surface area contributed by atoms with Gasteiger partial charge in [-0.1, -0.05) is 27.2 Å². The van der Waals surface area contributed by atoms with E-state index in [-0.39, 0.29) is 5.82 Å². The van der Waals surface area contributed by atoms with Crippen LogP contribution in [0.1, 0.15) is 58.4 Å². The lowest BCUT2D eigenvalue weighted by molar-refractivity contribution is 0.214. The summed E-state index contributed by atoms with van der Waals surface area (Å²) in [7, 11) is 0. The van der Waals surface area contributed by atoms with E-state index in [4.69, 9.17) is 5.26 Å². The number of nitrogens with one attached hydrogen (secondary N) is 1. The Morgan fingerprint density at radius 2 is 1.95 bits per heavy atom. The number of nitrogens with zero attached hydrogens (tertiary/aromatic N) is 1. The summed E-state index contributed by atoms with van der Waals surface area (Å²) >= 11 is 0. The number of hydrogen-bond donors (Lipinski definition) is 1. The van der Waals surface area contributed by atoms with Gasteiger partial charge in [-0.3, -0.25) is 0 Å². The van der Waals surface area contributed by atoms with E-state index in [2.05, 4.69) is 26.1 Å². The van der Waals surface area contributed by atoms with E-state index in [0.717, 1.165) is 18.8 Å². The number of rotatable bonds is 2. The van der Waals surface area contributed by atoms with Gasteiger partial charge in [0.15, 0.2) is 0 Å². The number of anilines is 1. The Hall–Kier alpha value is -1.56. The molecule has 1 saturated carbocycles. The van der Waals surface area contributed by atoms with E-state index in [0.29, 0.717) is 22.7 Å². The summed E-state index contributed by atoms with van der Waals surface area (Å²) in [5.74, 6) is 0.417. The van der Waals surface area contributed by atoms with Crippen molar-refractivity contribution in [1.29, 1.82) is 5.26 Å². The molecule has 114 valence electrons. The fourth-order valence-electron chi connectivity index (χ4n) is 3.23. The van der Waals surface area contributed by atoms with Crippen molar-refractivity contribution >= 4 is 5.69 Å². The van der Waals surface area contributed by atoms with Crippen molar-refractivity contribution < 1.29 is 4.39 Å². The van der Waals surface area contributed by atoms with Gasteiger partial charge in [0.05, 0.1) is 17.3 Å². The average Bonchev–Trinajstić information content (AvgIpc) is 2.66. The zero-order valence-electron chi connectivity index (χ0n) is 13.2. The quantitative estimate of drug-likeness (QED) is 0.768. The summed E-state index contributed by atoms with van der Waals surface area (Å²) < 4.78 is 13.9. The van der Waals surface area contributed by atoms with Crippen molar-refractivity contribution in [3.05, 3.63) is 29.6 Å². The third-order valence-electron chi connectivity index (χ3n) is 4.65. The number of benzene rings is 1. The normalized spacial score (nSPS) is 23.2. The van der Waals surface area contributed by atoms with Crippen molar-refractivity contribution in [3.63, 3.8) is 0 Å². The fraction of sp³-hybridized carbons (Fsp3) is 0.611. The van der Waals surface area contributed by atoms with Gasteiger partial charge in [0.1, 0.15) is 5.82 Å². The van der Waals surface area contributed by atoms with Gasteiger partial charge in [-0.05, 0) is 55.2 Å². The van der Waals surface area contributed by atoms with Gasteiger partial charge in [-0.25, -0.2) is 4.39 Å². The number of hydrogen-bond acceptors (Lipinski definition) is 2. The molecule has 2 atom stereocenters. The van der Waals surface area contributed by atoms with Gasteiger partial charge in [0.2, 0.25) is 0 Å². The van der Waals surface area contributed by atoms with Crippen LogP contribution in [0.2, 0.25) is 0 Å². The van der Waals surface area contributed by atoms with Crippen LogP contribution in [0.25, 0.3) is 0 Å². The van der Waals surface area contributed by atoms with E-state index in [1.54, 1.807) is 12.1 Å². The molecule has 0 bridgehead atoms. The maximum absolute atomic E-state index is 13.9. The van der Waals surface area contributed by atoms with Crippen molar-refractivity contribution in [3.8, 4) is 6.07 Å². The highest BCUT2D eigenvalue weighted by molar-refractivity contribution is 5.49. The largest absolute Gasteiger partial charge is 0.380 e. The predicted octanol–water partition coefficient (Wildman–Crippen LogP) is 5.10. The molecule has 3 heteroatoms. The summed E-state index contributed by atoms with van der Waals surface area (Å²) in [5, 5.41) is 12.1. The Bertz CT molecular complexity index is 525. The molecule has 1 N–H and O–H groups in total. The lowest BCUT2D eigenvalue weighted by atomic mass is 9.76. The number of halogens is 1. The molecule has 1 aromatic rings. The molecule has 0 radical (unpaired) electrons. The van der Waals surface area contributed by atoms with Crippen LogP contribution < -0.4 is 5.32 Å². The molecule has 0 saturated heterocycles. The molecule has 1 aliphatic carbocycles. The summed E-state index contributed by atoms with van der Waals surface area (Å²) in [6.07, 6.45) is 5.82. The van der Waals surface area contributed by atoms with Gasteiger partial charge < -0.3 is 5.32 Å². The molecule has 0 spiro atoms. The molecular formula is C18H25FN2. The first-order valence-electron chi connectivity index (χ1n) is 7.86. The van der Waals surface area contributed by atoms with Gasteiger partial charge in [0, 0.05) is 6.04 Å². The highest BCUT2D eigenvalue weighted by Gasteiger charge is 2.27. The molecule has 1 fully saturated rings. The molecule has 2 unspecified atom stereocenters.